The molecule has 1 aliphatic heterocycles. The number of carboxylic acid groups (broad SMARTS) is 1. The number of carboxylic acids is 1. The van der Waals surface area contributed by atoms with Crippen molar-refractivity contribution in [3.05, 3.63) is 29.3 Å². The van der Waals surface area contributed by atoms with Crippen molar-refractivity contribution < 1.29 is 19.4 Å². The monoisotopic (exact) mass is 298 g/mol. The number of benzene rings is 1. The standard InChI is InChI=1S/C13H15ClN2O4/c14-9-1-3-10(4-2-9)16(7-11(17)18)12(19)13(15)5-6-20-8-13/h1-4H,5-8,15H2,(H,17,18). The number of hydrogen-bond donors (Lipinski definition) is 2. The van der Waals surface area contributed by atoms with Crippen molar-refractivity contribution in [3.8, 4) is 0 Å². The summed E-state index contributed by atoms with van der Waals surface area (Å²) in [4.78, 5) is 24.6. The van der Waals surface area contributed by atoms with E-state index in [-0.39, 0.29) is 6.61 Å². The van der Waals surface area contributed by atoms with Crippen LogP contribution in [0.25, 0.3) is 0 Å². The minimum atomic E-state index is -1.17. The van der Waals surface area contributed by atoms with Crippen molar-refractivity contribution >= 4 is 29.2 Å². The van der Waals surface area contributed by atoms with E-state index >= 15 is 0 Å². The number of anilines is 1. The Hall–Kier alpha value is -1.63. The zero-order valence-corrected chi connectivity index (χ0v) is 11.5. The topological polar surface area (TPSA) is 92.9 Å². The third-order valence-electron chi connectivity index (χ3n) is 3.15. The Labute approximate surface area is 121 Å². The molecule has 0 aromatic heterocycles. The first-order valence-corrected chi connectivity index (χ1v) is 6.46. The van der Waals surface area contributed by atoms with Gasteiger partial charge < -0.3 is 15.6 Å². The molecule has 1 unspecified atom stereocenters. The Morgan fingerprint density at radius 3 is 2.55 bits per heavy atom. The van der Waals surface area contributed by atoms with E-state index in [1.807, 2.05) is 0 Å². The second-order valence-corrected chi connectivity index (χ2v) is 5.16. The number of aliphatic carboxylic acids is 1. The molecule has 1 aromatic carbocycles. The van der Waals surface area contributed by atoms with Crippen LogP contribution in [-0.4, -0.2) is 42.3 Å². The van der Waals surface area contributed by atoms with Crippen LogP contribution in [0.15, 0.2) is 24.3 Å². The smallest absolute Gasteiger partial charge is 0.323 e. The van der Waals surface area contributed by atoms with Crippen molar-refractivity contribution in [2.45, 2.75) is 12.0 Å². The van der Waals surface area contributed by atoms with Gasteiger partial charge in [0.15, 0.2) is 0 Å². The summed E-state index contributed by atoms with van der Waals surface area (Å²) in [6, 6.07) is 6.35. The summed E-state index contributed by atoms with van der Waals surface area (Å²) < 4.78 is 5.15. The maximum Gasteiger partial charge on any atom is 0.323 e. The lowest BCUT2D eigenvalue weighted by molar-refractivity contribution is -0.137. The minimum absolute atomic E-state index is 0.0928. The number of hydrogen-bond acceptors (Lipinski definition) is 4. The molecular formula is C13H15ClN2O4. The number of nitrogens with two attached hydrogens (primary N) is 1. The molecule has 1 aliphatic rings. The molecular weight excluding hydrogens is 284 g/mol. The second-order valence-electron chi connectivity index (χ2n) is 4.72. The van der Waals surface area contributed by atoms with Gasteiger partial charge in [-0.1, -0.05) is 11.6 Å². The average molecular weight is 299 g/mol. The molecule has 1 heterocycles. The van der Waals surface area contributed by atoms with E-state index in [1.54, 1.807) is 24.3 Å². The van der Waals surface area contributed by atoms with Gasteiger partial charge in [0.05, 0.1) is 6.61 Å². The van der Waals surface area contributed by atoms with Crippen molar-refractivity contribution in [2.75, 3.05) is 24.7 Å². The molecule has 1 saturated heterocycles. The molecule has 1 aromatic rings. The summed E-state index contributed by atoms with van der Waals surface area (Å²) in [6.07, 6.45) is 0.371. The molecule has 0 bridgehead atoms. The van der Waals surface area contributed by atoms with Gasteiger partial charge in [0.25, 0.3) is 0 Å². The van der Waals surface area contributed by atoms with Gasteiger partial charge in [-0.05, 0) is 30.7 Å². The SMILES string of the molecule is NC1(C(=O)N(CC(=O)O)c2ccc(Cl)cc2)CCOC1. The summed E-state index contributed by atoms with van der Waals surface area (Å²) in [5.74, 6) is -1.57. The lowest BCUT2D eigenvalue weighted by atomic mass is 9.98. The molecule has 1 atom stereocenters. The zero-order valence-electron chi connectivity index (χ0n) is 10.7. The Bertz CT molecular complexity index is 512. The summed E-state index contributed by atoms with van der Waals surface area (Å²) in [5.41, 5.74) is 5.28. The van der Waals surface area contributed by atoms with Crippen LogP contribution in [0.1, 0.15) is 6.42 Å². The third kappa shape index (κ3) is 3.09. The maximum absolute atomic E-state index is 12.5. The number of ether oxygens (including phenoxy) is 1. The fourth-order valence-electron chi connectivity index (χ4n) is 2.05. The van der Waals surface area contributed by atoms with Crippen LogP contribution in [0.2, 0.25) is 5.02 Å². The molecule has 0 saturated carbocycles. The minimum Gasteiger partial charge on any atom is -0.480 e. The fraction of sp³-hybridized carbons (Fsp3) is 0.385. The van der Waals surface area contributed by atoms with E-state index in [2.05, 4.69) is 0 Å². The molecule has 108 valence electrons. The second kappa shape index (κ2) is 5.78. The Morgan fingerprint density at radius 1 is 1.40 bits per heavy atom. The van der Waals surface area contributed by atoms with Gasteiger partial charge in [-0.15, -0.1) is 0 Å². The summed E-state index contributed by atoms with van der Waals surface area (Å²) in [6.45, 7) is 0.0265. The lowest BCUT2D eigenvalue weighted by Gasteiger charge is -2.29. The van der Waals surface area contributed by atoms with E-state index in [4.69, 9.17) is 27.2 Å². The quantitative estimate of drug-likeness (QED) is 0.860. The molecule has 7 heteroatoms. The van der Waals surface area contributed by atoms with Gasteiger partial charge in [-0.3, -0.25) is 14.5 Å². The predicted molar refractivity (Wildman–Crippen MR) is 73.8 cm³/mol. The van der Waals surface area contributed by atoms with Crippen molar-refractivity contribution in [1.29, 1.82) is 0 Å². The maximum atomic E-state index is 12.5. The molecule has 0 spiro atoms. The van der Waals surface area contributed by atoms with E-state index in [1.165, 1.54) is 0 Å². The first-order chi connectivity index (χ1) is 9.42. The van der Waals surface area contributed by atoms with Gasteiger partial charge in [0.2, 0.25) is 5.91 Å². The van der Waals surface area contributed by atoms with Crippen LogP contribution in [0.3, 0.4) is 0 Å². The van der Waals surface area contributed by atoms with Gasteiger partial charge in [-0.25, -0.2) is 0 Å². The van der Waals surface area contributed by atoms with E-state index in [0.29, 0.717) is 23.7 Å². The van der Waals surface area contributed by atoms with Crippen LogP contribution in [-0.2, 0) is 14.3 Å². The van der Waals surface area contributed by atoms with Gasteiger partial charge >= 0.3 is 5.97 Å². The van der Waals surface area contributed by atoms with Crippen LogP contribution >= 0.6 is 11.6 Å². The van der Waals surface area contributed by atoms with E-state index in [9.17, 15) is 9.59 Å². The van der Waals surface area contributed by atoms with Crippen LogP contribution in [0.5, 0.6) is 0 Å². The zero-order chi connectivity index (χ0) is 14.8. The molecule has 0 radical (unpaired) electrons. The molecule has 1 fully saturated rings. The van der Waals surface area contributed by atoms with Crippen molar-refractivity contribution in [3.63, 3.8) is 0 Å². The largest absolute Gasteiger partial charge is 0.480 e. The Kier molecular flexibility index (Phi) is 4.27. The van der Waals surface area contributed by atoms with Crippen molar-refractivity contribution in [2.24, 2.45) is 5.73 Å². The highest BCUT2D eigenvalue weighted by molar-refractivity contribution is 6.30. The average Bonchev–Trinajstić information content (AvgIpc) is 2.84. The summed E-state index contributed by atoms with van der Waals surface area (Å²) in [7, 11) is 0. The molecule has 20 heavy (non-hydrogen) atoms. The predicted octanol–water partition coefficient (Wildman–Crippen LogP) is 0.875. The van der Waals surface area contributed by atoms with Gasteiger partial charge in [-0.2, -0.15) is 0 Å². The van der Waals surface area contributed by atoms with Crippen LogP contribution < -0.4 is 10.6 Å². The van der Waals surface area contributed by atoms with Gasteiger partial charge in [0, 0.05) is 17.3 Å². The van der Waals surface area contributed by atoms with Crippen LogP contribution in [0, 0.1) is 0 Å². The summed E-state index contributed by atoms with van der Waals surface area (Å²) >= 11 is 5.79. The molecule has 6 nitrogen and oxygen atoms in total. The number of carbonyl (C=O) groups excluding carboxylic acids is 1. The van der Waals surface area contributed by atoms with Gasteiger partial charge in [0.1, 0.15) is 12.1 Å². The number of nitrogens with zero attached hydrogens (tertiary/aromatic N) is 1. The number of halogens is 1. The molecule has 2 rings (SSSR count). The number of amides is 1. The molecule has 0 aliphatic carbocycles. The van der Waals surface area contributed by atoms with E-state index < -0.39 is 24.0 Å². The van der Waals surface area contributed by atoms with Crippen molar-refractivity contribution in [1.82, 2.24) is 0 Å². The molecule has 3 N–H and O–H groups in total. The highest BCUT2D eigenvalue weighted by Gasteiger charge is 2.42. The lowest BCUT2D eigenvalue weighted by Crippen LogP contribution is -2.57. The highest BCUT2D eigenvalue weighted by atomic mass is 35.5. The summed E-state index contributed by atoms with van der Waals surface area (Å²) in [5, 5.41) is 9.49. The molecule has 1 amide bonds. The highest BCUT2D eigenvalue weighted by Crippen LogP contribution is 2.24. The Morgan fingerprint density at radius 2 is 2.05 bits per heavy atom. The number of rotatable bonds is 4. The van der Waals surface area contributed by atoms with E-state index in [0.717, 1.165) is 4.90 Å². The first-order valence-electron chi connectivity index (χ1n) is 6.08. The number of carbonyl (C=O) groups is 2. The van der Waals surface area contributed by atoms with Crippen LogP contribution in [0.4, 0.5) is 5.69 Å². The first kappa shape index (κ1) is 14.8. The fourth-order valence-corrected chi connectivity index (χ4v) is 2.18. The third-order valence-corrected chi connectivity index (χ3v) is 3.41. The normalized spacial score (nSPS) is 21.7. The Balaban J connectivity index is 2.29.